The van der Waals surface area contributed by atoms with E-state index in [9.17, 15) is 13.2 Å². The molecule has 32 heavy (non-hydrogen) atoms. The summed E-state index contributed by atoms with van der Waals surface area (Å²) in [5.41, 5.74) is -0.282. The van der Waals surface area contributed by atoms with Crippen LogP contribution in [0.15, 0.2) is 42.6 Å². The number of alkyl halides is 3. The Morgan fingerprint density at radius 1 is 1.09 bits per heavy atom. The summed E-state index contributed by atoms with van der Waals surface area (Å²) >= 11 is 6.33. The first-order chi connectivity index (χ1) is 15.4. The molecule has 0 spiro atoms. The molecule has 1 fully saturated rings. The normalized spacial score (nSPS) is 15.1. The molecule has 9 heteroatoms. The Bertz CT molecular complexity index is 1070. The minimum absolute atomic E-state index is 0.0447. The summed E-state index contributed by atoms with van der Waals surface area (Å²) in [6, 6.07) is 8.82. The molecule has 0 aliphatic carbocycles. The van der Waals surface area contributed by atoms with Crippen LogP contribution in [0.25, 0.3) is 10.9 Å². The molecule has 1 aromatic carbocycles. The molecule has 2 aromatic heterocycles. The number of anilines is 2. The van der Waals surface area contributed by atoms with Gasteiger partial charge < -0.3 is 14.8 Å². The highest BCUT2D eigenvalue weighted by atomic mass is 35.5. The first-order valence-corrected chi connectivity index (χ1v) is 10.9. The maximum Gasteiger partial charge on any atom is 0.416 e. The van der Waals surface area contributed by atoms with E-state index in [0.29, 0.717) is 34.6 Å². The summed E-state index contributed by atoms with van der Waals surface area (Å²) in [5, 5.41) is 3.98. The second kappa shape index (κ2) is 9.92. The Kier molecular flexibility index (Phi) is 7.01. The van der Waals surface area contributed by atoms with E-state index in [0.717, 1.165) is 62.6 Å². The van der Waals surface area contributed by atoms with Crippen LogP contribution in [0.2, 0.25) is 5.02 Å². The van der Waals surface area contributed by atoms with Crippen LogP contribution in [0.3, 0.4) is 0 Å². The standard InChI is InChI=1S/C23H23ClF3N3O2/c24-18-4-5-19(32-11-1-2-15-8-12-31-13-9-15)17-3-6-20(30-22(17)18)29-21-14-16(7-10-28-21)23(25,26)27/h3-7,10,14-15H,1-2,8-9,11-13H2,(H,28,29,30). The summed E-state index contributed by atoms with van der Waals surface area (Å²) in [6.07, 6.45) is 0.908. The summed E-state index contributed by atoms with van der Waals surface area (Å²) in [5.74, 6) is 1.74. The van der Waals surface area contributed by atoms with Crippen molar-refractivity contribution < 1.29 is 22.6 Å². The molecule has 3 heterocycles. The second-order valence-electron chi connectivity index (χ2n) is 7.74. The number of nitrogens with zero attached hydrogens (tertiary/aromatic N) is 2. The predicted molar refractivity (Wildman–Crippen MR) is 118 cm³/mol. The van der Waals surface area contributed by atoms with Crippen LogP contribution in [0, 0.1) is 5.92 Å². The van der Waals surface area contributed by atoms with Crippen LogP contribution >= 0.6 is 11.6 Å². The average molecular weight is 466 g/mol. The number of nitrogens with one attached hydrogen (secondary N) is 1. The van der Waals surface area contributed by atoms with Crippen molar-refractivity contribution in [2.45, 2.75) is 31.9 Å². The van der Waals surface area contributed by atoms with Crippen molar-refractivity contribution in [2.75, 3.05) is 25.1 Å². The summed E-state index contributed by atoms with van der Waals surface area (Å²) in [7, 11) is 0. The van der Waals surface area contributed by atoms with Crippen LogP contribution in [-0.4, -0.2) is 29.8 Å². The van der Waals surface area contributed by atoms with E-state index in [1.54, 1.807) is 18.2 Å². The molecular weight excluding hydrogens is 443 g/mol. The van der Waals surface area contributed by atoms with E-state index in [4.69, 9.17) is 21.1 Å². The first kappa shape index (κ1) is 22.6. The van der Waals surface area contributed by atoms with Crippen molar-refractivity contribution >= 4 is 34.1 Å². The van der Waals surface area contributed by atoms with Crippen LogP contribution < -0.4 is 10.1 Å². The number of fused-ring (bicyclic) bond motifs is 1. The third-order valence-electron chi connectivity index (χ3n) is 5.47. The maximum absolute atomic E-state index is 12.9. The van der Waals surface area contributed by atoms with Gasteiger partial charge in [0.15, 0.2) is 0 Å². The van der Waals surface area contributed by atoms with Gasteiger partial charge >= 0.3 is 6.18 Å². The molecule has 0 bridgehead atoms. The molecule has 5 nitrogen and oxygen atoms in total. The lowest BCUT2D eigenvalue weighted by Gasteiger charge is -2.21. The van der Waals surface area contributed by atoms with Crippen molar-refractivity contribution in [3.63, 3.8) is 0 Å². The number of hydrogen-bond donors (Lipinski definition) is 1. The SMILES string of the molecule is FC(F)(F)c1ccnc(Nc2ccc3c(OCCCC4CCOCC4)ccc(Cl)c3n2)c1. The number of pyridine rings is 2. The Morgan fingerprint density at radius 3 is 2.69 bits per heavy atom. The summed E-state index contributed by atoms with van der Waals surface area (Å²) < 4.78 is 50.2. The van der Waals surface area contributed by atoms with E-state index in [1.807, 2.05) is 6.07 Å². The largest absolute Gasteiger partial charge is 0.493 e. The predicted octanol–water partition coefficient (Wildman–Crippen LogP) is 6.63. The molecule has 1 aliphatic heterocycles. The van der Waals surface area contributed by atoms with Gasteiger partial charge in [0, 0.05) is 24.8 Å². The minimum Gasteiger partial charge on any atom is -0.493 e. The fourth-order valence-electron chi connectivity index (χ4n) is 3.75. The van der Waals surface area contributed by atoms with E-state index >= 15 is 0 Å². The van der Waals surface area contributed by atoms with Gasteiger partial charge in [-0.3, -0.25) is 0 Å². The van der Waals surface area contributed by atoms with Crippen molar-refractivity contribution in [1.29, 1.82) is 0 Å². The number of rotatable bonds is 7. The summed E-state index contributed by atoms with van der Waals surface area (Å²) in [6.45, 7) is 2.26. The van der Waals surface area contributed by atoms with E-state index < -0.39 is 11.7 Å². The quantitative estimate of drug-likeness (QED) is 0.397. The monoisotopic (exact) mass is 465 g/mol. The highest BCUT2D eigenvalue weighted by Crippen LogP contribution is 2.33. The number of halogens is 4. The van der Waals surface area contributed by atoms with Gasteiger partial charge in [0.25, 0.3) is 0 Å². The third-order valence-corrected chi connectivity index (χ3v) is 5.77. The molecule has 0 unspecified atom stereocenters. The fraction of sp³-hybridized carbons (Fsp3) is 0.391. The fourth-order valence-corrected chi connectivity index (χ4v) is 3.96. The van der Waals surface area contributed by atoms with E-state index in [-0.39, 0.29) is 5.82 Å². The van der Waals surface area contributed by atoms with Crippen molar-refractivity contribution in [2.24, 2.45) is 5.92 Å². The zero-order valence-electron chi connectivity index (χ0n) is 17.3. The second-order valence-corrected chi connectivity index (χ2v) is 8.14. The van der Waals surface area contributed by atoms with Gasteiger partial charge in [0.1, 0.15) is 17.4 Å². The zero-order chi connectivity index (χ0) is 22.6. The first-order valence-electron chi connectivity index (χ1n) is 10.5. The van der Waals surface area contributed by atoms with Gasteiger partial charge in [-0.1, -0.05) is 11.6 Å². The number of benzene rings is 1. The molecule has 0 atom stereocenters. The van der Waals surface area contributed by atoms with E-state index in [1.165, 1.54) is 0 Å². The number of ether oxygens (including phenoxy) is 2. The molecule has 1 N–H and O–H groups in total. The molecule has 0 radical (unpaired) electrons. The van der Waals surface area contributed by atoms with Crippen LogP contribution in [0.1, 0.15) is 31.2 Å². The van der Waals surface area contributed by atoms with Gasteiger partial charge in [-0.25, -0.2) is 9.97 Å². The van der Waals surface area contributed by atoms with Gasteiger partial charge in [0.2, 0.25) is 0 Å². The van der Waals surface area contributed by atoms with Gasteiger partial charge in [-0.15, -0.1) is 0 Å². The number of hydrogen-bond acceptors (Lipinski definition) is 5. The van der Waals surface area contributed by atoms with Crippen molar-refractivity contribution in [3.05, 3.63) is 53.2 Å². The molecule has 170 valence electrons. The Hall–Kier alpha value is -2.58. The van der Waals surface area contributed by atoms with Gasteiger partial charge in [0.05, 0.1) is 22.7 Å². The Morgan fingerprint density at radius 2 is 1.91 bits per heavy atom. The lowest BCUT2D eigenvalue weighted by molar-refractivity contribution is -0.137. The minimum atomic E-state index is -4.45. The highest BCUT2D eigenvalue weighted by molar-refractivity contribution is 6.35. The van der Waals surface area contributed by atoms with Gasteiger partial charge in [-0.05, 0) is 68.0 Å². The molecule has 3 aromatic rings. The van der Waals surface area contributed by atoms with Crippen LogP contribution in [0.4, 0.5) is 24.8 Å². The smallest absolute Gasteiger partial charge is 0.416 e. The Labute approximate surface area is 188 Å². The summed E-state index contributed by atoms with van der Waals surface area (Å²) in [4.78, 5) is 8.41. The van der Waals surface area contributed by atoms with E-state index in [2.05, 4.69) is 15.3 Å². The van der Waals surface area contributed by atoms with Crippen LogP contribution in [0.5, 0.6) is 5.75 Å². The number of aromatic nitrogens is 2. The molecule has 0 amide bonds. The maximum atomic E-state index is 12.9. The molecule has 1 aliphatic rings. The molecule has 1 saturated heterocycles. The molecule has 4 rings (SSSR count). The lowest BCUT2D eigenvalue weighted by Crippen LogP contribution is -2.16. The Balaban J connectivity index is 1.45. The van der Waals surface area contributed by atoms with Crippen molar-refractivity contribution in [1.82, 2.24) is 9.97 Å². The highest BCUT2D eigenvalue weighted by Gasteiger charge is 2.30. The topological polar surface area (TPSA) is 56.3 Å². The molecular formula is C23H23ClF3N3O2. The lowest BCUT2D eigenvalue weighted by atomic mass is 9.95. The van der Waals surface area contributed by atoms with Crippen LogP contribution in [-0.2, 0) is 10.9 Å². The average Bonchev–Trinajstić information content (AvgIpc) is 2.78. The molecule has 0 saturated carbocycles. The van der Waals surface area contributed by atoms with Crippen molar-refractivity contribution in [3.8, 4) is 5.75 Å². The van der Waals surface area contributed by atoms with Gasteiger partial charge in [-0.2, -0.15) is 13.2 Å². The third kappa shape index (κ3) is 5.61. The zero-order valence-corrected chi connectivity index (χ0v) is 18.0.